The zero-order valence-corrected chi connectivity index (χ0v) is 8.82. The minimum Gasteiger partial charge on any atom is -0.497 e. The fourth-order valence-electron chi connectivity index (χ4n) is 1.56. The molecule has 4 heteroatoms. The van der Waals surface area contributed by atoms with Crippen LogP contribution in [0.4, 0.5) is 5.69 Å². The van der Waals surface area contributed by atoms with Crippen LogP contribution >= 0.6 is 0 Å². The third-order valence-corrected chi connectivity index (χ3v) is 2.48. The fraction of sp³-hybridized carbons (Fsp3) is 0.364. The molecule has 0 aromatic heterocycles. The lowest BCUT2D eigenvalue weighted by atomic mass is 10.2. The number of anilines is 1. The summed E-state index contributed by atoms with van der Waals surface area (Å²) in [6.07, 6.45) is 0.410. The van der Waals surface area contributed by atoms with Gasteiger partial charge >= 0.3 is 0 Å². The molecule has 80 valence electrons. The summed E-state index contributed by atoms with van der Waals surface area (Å²) in [6, 6.07) is 5.45. The summed E-state index contributed by atoms with van der Waals surface area (Å²) in [6.45, 7) is 0.433. The highest BCUT2D eigenvalue weighted by Crippen LogP contribution is 2.33. The van der Waals surface area contributed by atoms with Crippen LogP contribution in [0.15, 0.2) is 18.2 Å². The molecule has 0 radical (unpaired) electrons. The molecule has 0 unspecified atom stereocenters. The van der Waals surface area contributed by atoms with Crippen molar-refractivity contribution in [1.82, 2.24) is 0 Å². The maximum atomic E-state index is 11.6. The SMILES string of the molecule is COc1ccc2c(c1)N(C)C(=O)CCO2. The minimum atomic E-state index is 0.0574. The van der Waals surface area contributed by atoms with E-state index in [9.17, 15) is 4.79 Å². The predicted molar refractivity (Wildman–Crippen MR) is 56.5 cm³/mol. The van der Waals surface area contributed by atoms with Crippen molar-refractivity contribution in [2.45, 2.75) is 6.42 Å². The second-order valence-electron chi connectivity index (χ2n) is 3.38. The van der Waals surface area contributed by atoms with Gasteiger partial charge in [0.1, 0.15) is 11.5 Å². The Morgan fingerprint density at radius 2 is 2.27 bits per heavy atom. The normalized spacial score (nSPS) is 15.3. The summed E-state index contributed by atoms with van der Waals surface area (Å²) >= 11 is 0. The molecular weight excluding hydrogens is 194 g/mol. The van der Waals surface area contributed by atoms with E-state index in [1.165, 1.54) is 0 Å². The highest BCUT2D eigenvalue weighted by atomic mass is 16.5. The van der Waals surface area contributed by atoms with E-state index in [-0.39, 0.29) is 5.91 Å². The first-order chi connectivity index (χ1) is 7.22. The Balaban J connectivity index is 2.45. The zero-order chi connectivity index (χ0) is 10.8. The number of carbonyl (C=O) groups is 1. The van der Waals surface area contributed by atoms with Crippen molar-refractivity contribution < 1.29 is 14.3 Å². The van der Waals surface area contributed by atoms with Gasteiger partial charge in [-0.15, -0.1) is 0 Å². The molecule has 1 aliphatic rings. The van der Waals surface area contributed by atoms with E-state index in [4.69, 9.17) is 9.47 Å². The fourth-order valence-corrected chi connectivity index (χ4v) is 1.56. The van der Waals surface area contributed by atoms with Gasteiger partial charge in [-0.2, -0.15) is 0 Å². The quantitative estimate of drug-likeness (QED) is 0.699. The van der Waals surface area contributed by atoms with E-state index < -0.39 is 0 Å². The van der Waals surface area contributed by atoms with E-state index in [0.29, 0.717) is 13.0 Å². The summed E-state index contributed by atoms with van der Waals surface area (Å²) in [7, 11) is 3.34. The number of fused-ring (bicyclic) bond motifs is 1. The van der Waals surface area contributed by atoms with Crippen LogP contribution in [0, 0.1) is 0 Å². The lowest BCUT2D eigenvalue weighted by molar-refractivity contribution is -0.118. The Bertz CT molecular complexity index is 389. The Labute approximate surface area is 88.4 Å². The molecule has 2 rings (SSSR count). The van der Waals surface area contributed by atoms with Crippen molar-refractivity contribution >= 4 is 11.6 Å². The summed E-state index contributed by atoms with van der Waals surface area (Å²) in [4.78, 5) is 13.2. The standard InChI is InChI=1S/C11H13NO3/c1-12-9-7-8(14-2)3-4-10(9)15-6-5-11(12)13/h3-4,7H,5-6H2,1-2H3. The largest absolute Gasteiger partial charge is 0.497 e. The third kappa shape index (κ3) is 1.75. The molecule has 1 heterocycles. The maximum Gasteiger partial charge on any atom is 0.230 e. The smallest absolute Gasteiger partial charge is 0.230 e. The van der Waals surface area contributed by atoms with Gasteiger partial charge in [0, 0.05) is 13.1 Å². The molecule has 1 aromatic rings. The van der Waals surface area contributed by atoms with Crippen LogP contribution in [0.1, 0.15) is 6.42 Å². The maximum absolute atomic E-state index is 11.6. The van der Waals surface area contributed by atoms with Gasteiger partial charge in [0.25, 0.3) is 0 Å². The number of hydrogen-bond donors (Lipinski definition) is 0. The molecule has 0 fully saturated rings. The highest BCUT2D eigenvalue weighted by Gasteiger charge is 2.20. The molecule has 4 nitrogen and oxygen atoms in total. The lowest BCUT2D eigenvalue weighted by Crippen LogP contribution is -2.25. The first-order valence-electron chi connectivity index (χ1n) is 4.80. The molecule has 1 aromatic carbocycles. The number of nitrogens with zero attached hydrogens (tertiary/aromatic N) is 1. The van der Waals surface area contributed by atoms with Crippen LogP contribution < -0.4 is 14.4 Å². The summed E-state index contributed by atoms with van der Waals surface area (Å²) in [5, 5.41) is 0. The van der Waals surface area contributed by atoms with Crippen molar-refractivity contribution in [2.24, 2.45) is 0 Å². The van der Waals surface area contributed by atoms with Crippen molar-refractivity contribution in [3.05, 3.63) is 18.2 Å². The second-order valence-corrected chi connectivity index (χ2v) is 3.38. The molecule has 0 bridgehead atoms. The van der Waals surface area contributed by atoms with Crippen molar-refractivity contribution in [2.75, 3.05) is 25.7 Å². The molecule has 0 saturated heterocycles. The average Bonchev–Trinajstić information content (AvgIpc) is 2.40. The van der Waals surface area contributed by atoms with Gasteiger partial charge in [0.15, 0.2) is 0 Å². The van der Waals surface area contributed by atoms with Crippen molar-refractivity contribution in [1.29, 1.82) is 0 Å². The van der Waals surface area contributed by atoms with Crippen molar-refractivity contribution in [3.63, 3.8) is 0 Å². The van der Waals surface area contributed by atoms with E-state index in [0.717, 1.165) is 17.2 Å². The van der Waals surface area contributed by atoms with Gasteiger partial charge < -0.3 is 14.4 Å². The number of benzene rings is 1. The van der Waals surface area contributed by atoms with E-state index in [1.807, 2.05) is 12.1 Å². The molecule has 0 atom stereocenters. The minimum absolute atomic E-state index is 0.0574. The van der Waals surface area contributed by atoms with E-state index in [2.05, 4.69) is 0 Å². The topological polar surface area (TPSA) is 38.8 Å². The molecule has 0 spiro atoms. The Morgan fingerprint density at radius 3 is 3.00 bits per heavy atom. The van der Waals surface area contributed by atoms with Crippen LogP contribution in [-0.2, 0) is 4.79 Å². The monoisotopic (exact) mass is 207 g/mol. The van der Waals surface area contributed by atoms with E-state index >= 15 is 0 Å². The van der Waals surface area contributed by atoms with Gasteiger partial charge in [-0.1, -0.05) is 0 Å². The van der Waals surface area contributed by atoms with Crippen LogP contribution in [-0.4, -0.2) is 26.7 Å². The number of carbonyl (C=O) groups excluding carboxylic acids is 1. The molecule has 15 heavy (non-hydrogen) atoms. The summed E-state index contributed by atoms with van der Waals surface area (Å²) < 4.78 is 10.6. The van der Waals surface area contributed by atoms with Crippen LogP contribution in [0.3, 0.4) is 0 Å². The van der Waals surface area contributed by atoms with Gasteiger partial charge in [-0.3, -0.25) is 4.79 Å². The van der Waals surface area contributed by atoms with Gasteiger partial charge in [0.2, 0.25) is 5.91 Å². The molecule has 1 aliphatic heterocycles. The van der Waals surface area contributed by atoms with Crippen LogP contribution in [0.25, 0.3) is 0 Å². The van der Waals surface area contributed by atoms with E-state index in [1.54, 1.807) is 25.1 Å². The molecule has 0 saturated carbocycles. The predicted octanol–water partition coefficient (Wildman–Crippen LogP) is 1.44. The van der Waals surface area contributed by atoms with Crippen LogP contribution in [0.2, 0.25) is 0 Å². The third-order valence-electron chi connectivity index (χ3n) is 2.48. The number of methoxy groups -OCH3 is 1. The zero-order valence-electron chi connectivity index (χ0n) is 8.82. The first-order valence-corrected chi connectivity index (χ1v) is 4.80. The van der Waals surface area contributed by atoms with Gasteiger partial charge in [-0.25, -0.2) is 0 Å². The Morgan fingerprint density at radius 1 is 1.47 bits per heavy atom. The first kappa shape index (κ1) is 9.83. The molecule has 1 amide bonds. The summed E-state index contributed by atoms with van der Waals surface area (Å²) in [5.41, 5.74) is 0.761. The summed E-state index contributed by atoms with van der Waals surface area (Å²) in [5.74, 6) is 1.50. The highest BCUT2D eigenvalue weighted by molar-refractivity contribution is 5.95. The molecular formula is C11H13NO3. The van der Waals surface area contributed by atoms with Gasteiger partial charge in [0.05, 0.1) is 25.8 Å². The molecule has 0 aliphatic carbocycles. The lowest BCUT2D eigenvalue weighted by Gasteiger charge is -2.16. The van der Waals surface area contributed by atoms with Gasteiger partial charge in [-0.05, 0) is 12.1 Å². The Kier molecular flexibility index (Phi) is 2.49. The van der Waals surface area contributed by atoms with Crippen LogP contribution in [0.5, 0.6) is 11.5 Å². The number of amides is 1. The Hall–Kier alpha value is -1.71. The number of rotatable bonds is 1. The van der Waals surface area contributed by atoms with Crippen molar-refractivity contribution in [3.8, 4) is 11.5 Å². The number of ether oxygens (including phenoxy) is 2. The second kappa shape index (κ2) is 3.81. The average molecular weight is 207 g/mol. The number of hydrogen-bond acceptors (Lipinski definition) is 3. The molecule has 0 N–H and O–H groups in total.